The molecule has 3 nitrogen and oxygen atoms in total. The van der Waals surface area contributed by atoms with Gasteiger partial charge in [-0.2, -0.15) is 0 Å². The largest absolute Gasteiger partial charge is 0.397 e. The van der Waals surface area contributed by atoms with E-state index in [1.54, 1.807) is 6.08 Å². The number of hydrogen-bond donors (Lipinski definition) is 2. The Morgan fingerprint density at radius 1 is 1.25 bits per heavy atom. The third kappa shape index (κ3) is 2.31. The maximum absolute atomic E-state index is 11.4. The number of carbonyl (C=O) groups excluding carboxylic acids is 1. The van der Waals surface area contributed by atoms with Gasteiger partial charge in [-0.3, -0.25) is 4.79 Å². The average Bonchev–Trinajstić information content (AvgIpc) is 2.20. The van der Waals surface area contributed by atoms with Gasteiger partial charge in [-0.05, 0) is 12.1 Å². The number of rotatable bonds is 2. The molecule has 1 aliphatic rings. The van der Waals surface area contributed by atoms with Gasteiger partial charge in [0.05, 0.1) is 11.4 Å². The van der Waals surface area contributed by atoms with E-state index < -0.39 is 0 Å². The number of nitrogens with one attached hydrogen (secondary N) is 1. The Morgan fingerprint density at radius 3 is 2.69 bits per heavy atom. The fraction of sp³-hybridized carbons (Fsp3) is 0.154. The highest BCUT2D eigenvalue weighted by Gasteiger charge is 2.13. The molecule has 0 saturated heterocycles. The number of para-hydroxylation sites is 2. The molecule has 0 radical (unpaired) electrons. The summed E-state index contributed by atoms with van der Waals surface area (Å²) in [7, 11) is 0. The predicted molar refractivity (Wildman–Crippen MR) is 65.9 cm³/mol. The molecule has 0 spiro atoms. The standard InChI is InChI=1S/C13H14N2O/c1-9-6-10(8-11(16)7-9)15-13-5-3-2-4-12(13)14/h2-5,8,15H,1,6-7,14H2. The monoisotopic (exact) mass is 214 g/mol. The van der Waals surface area contributed by atoms with Crippen LogP contribution in [0, 0.1) is 0 Å². The number of nitrogens with two attached hydrogens (primary N) is 1. The fourth-order valence-electron chi connectivity index (χ4n) is 1.74. The van der Waals surface area contributed by atoms with Gasteiger partial charge < -0.3 is 11.1 Å². The Morgan fingerprint density at radius 2 is 2.00 bits per heavy atom. The van der Waals surface area contributed by atoms with Crippen molar-refractivity contribution in [1.29, 1.82) is 0 Å². The molecule has 16 heavy (non-hydrogen) atoms. The Balaban J connectivity index is 2.19. The molecule has 0 aromatic heterocycles. The highest BCUT2D eigenvalue weighted by atomic mass is 16.1. The van der Waals surface area contributed by atoms with E-state index in [2.05, 4.69) is 11.9 Å². The summed E-state index contributed by atoms with van der Waals surface area (Å²) in [6, 6.07) is 7.49. The van der Waals surface area contributed by atoms with E-state index in [9.17, 15) is 4.79 Å². The fourth-order valence-corrected chi connectivity index (χ4v) is 1.74. The van der Waals surface area contributed by atoms with Gasteiger partial charge in [-0.25, -0.2) is 0 Å². The third-order valence-electron chi connectivity index (χ3n) is 2.46. The number of carbonyl (C=O) groups is 1. The molecule has 0 heterocycles. The molecule has 2 rings (SSSR count). The third-order valence-corrected chi connectivity index (χ3v) is 2.46. The summed E-state index contributed by atoms with van der Waals surface area (Å²) in [5.74, 6) is 0.0910. The van der Waals surface area contributed by atoms with Gasteiger partial charge in [0, 0.05) is 24.6 Å². The molecule has 0 unspecified atom stereocenters. The van der Waals surface area contributed by atoms with Crippen LogP contribution in [0.3, 0.4) is 0 Å². The first-order chi connectivity index (χ1) is 7.65. The van der Waals surface area contributed by atoms with E-state index >= 15 is 0 Å². The van der Waals surface area contributed by atoms with Crippen molar-refractivity contribution in [3.05, 3.63) is 48.2 Å². The van der Waals surface area contributed by atoms with Crippen LogP contribution in [0.5, 0.6) is 0 Å². The topological polar surface area (TPSA) is 55.1 Å². The van der Waals surface area contributed by atoms with Crippen LogP contribution in [0.15, 0.2) is 48.2 Å². The Kier molecular flexibility index (Phi) is 2.77. The molecular weight excluding hydrogens is 200 g/mol. The second-order valence-corrected chi connectivity index (χ2v) is 3.95. The molecular formula is C13H14N2O. The molecule has 0 atom stereocenters. The van der Waals surface area contributed by atoms with E-state index in [1.807, 2.05) is 24.3 Å². The molecule has 0 saturated carbocycles. The lowest BCUT2D eigenvalue weighted by atomic mass is 9.98. The van der Waals surface area contributed by atoms with E-state index in [0.29, 0.717) is 18.5 Å². The zero-order valence-corrected chi connectivity index (χ0v) is 8.99. The number of anilines is 2. The summed E-state index contributed by atoms with van der Waals surface area (Å²) >= 11 is 0. The maximum Gasteiger partial charge on any atom is 0.161 e. The summed E-state index contributed by atoms with van der Waals surface area (Å²) in [6.45, 7) is 3.85. The smallest absolute Gasteiger partial charge is 0.161 e. The minimum absolute atomic E-state index is 0.0910. The summed E-state index contributed by atoms with van der Waals surface area (Å²) in [6.07, 6.45) is 2.79. The molecule has 1 aliphatic carbocycles. The van der Waals surface area contributed by atoms with Crippen molar-refractivity contribution in [2.75, 3.05) is 11.1 Å². The zero-order valence-electron chi connectivity index (χ0n) is 8.99. The Bertz CT molecular complexity index is 475. The van der Waals surface area contributed by atoms with Crippen LogP contribution < -0.4 is 11.1 Å². The van der Waals surface area contributed by atoms with Gasteiger partial charge in [-0.15, -0.1) is 0 Å². The molecule has 1 aromatic carbocycles. The van der Waals surface area contributed by atoms with Crippen molar-refractivity contribution in [2.24, 2.45) is 0 Å². The van der Waals surface area contributed by atoms with Gasteiger partial charge in [-0.1, -0.05) is 24.3 Å². The number of nitrogen functional groups attached to an aromatic ring is 1. The highest BCUT2D eigenvalue weighted by molar-refractivity contribution is 5.94. The van der Waals surface area contributed by atoms with Crippen molar-refractivity contribution in [3.8, 4) is 0 Å². The molecule has 3 heteroatoms. The summed E-state index contributed by atoms with van der Waals surface area (Å²) in [5.41, 5.74) is 9.11. The average molecular weight is 214 g/mol. The summed E-state index contributed by atoms with van der Waals surface area (Å²) < 4.78 is 0. The van der Waals surface area contributed by atoms with E-state index in [4.69, 9.17) is 5.73 Å². The van der Waals surface area contributed by atoms with Crippen LogP contribution in [0.1, 0.15) is 12.8 Å². The Labute approximate surface area is 94.7 Å². The van der Waals surface area contributed by atoms with Gasteiger partial charge >= 0.3 is 0 Å². The highest BCUT2D eigenvalue weighted by Crippen LogP contribution is 2.24. The van der Waals surface area contributed by atoms with Crippen molar-refractivity contribution in [3.63, 3.8) is 0 Å². The minimum Gasteiger partial charge on any atom is -0.397 e. The van der Waals surface area contributed by atoms with Crippen LogP contribution in [-0.4, -0.2) is 5.78 Å². The molecule has 0 bridgehead atoms. The van der Waals surface area contributed by atoms with Gasteiger partial charge in [0.15, 0.2) is 5.78 Å². The van der Waals surface area contributed by atoms with Crippen LogP contribution in [0.4, 0.5) is 11.4 Å². The SMILES string of the molecule is C=C1CC(=O)C=C(Nc2ccccc2N)C1. The summed E-state index contributed by atoms with van der Waals surface area (Å²) in [5, 5.41) is 3.16. The van der Waals surface area contributed by atoms with E-state index in [1.165, 1.54) is 0 Å². The zero-order chi connectivity index (χ0) is 11.5. The van der Waals surface area contributed by atoms with E-state index in [-0.39, 0.29) is 5.78 Å². The first-order valence-electron chi connectivity index (χ1n) is 5.17. The predicted octanol–water partition coefficient (Wildman–Crippen LogP) is 2.48. The first-order valence-corrected chi connectivity index (χ1v) is 5.17. The second-order valence-electron chi connectivity index (χ2n) is 3.95. The van der Waals surface area contributed by atoms with Crippen LogP contribution in [-0.2, 0) is 4.79 Å². The Hall–Kier alpha value is -2.03. The van der Waals surface area contributed by atoms with E-state index in [0.717, 1.165) is 17.0 Å². The van der Waals surface area contributed by atoms with Gasteiger partial charge in [0.1, 0.15) is 0 Å². The molecule has 1 aromatic rings. The number of allylic oxidation sites excluding steroid dienone is 2. The molecule has 0 aliphatic heterocycles. The first kappa shape index (κ1) is 10.5. The van der Waals surface area contributed by atoms with Crippen LogP contribution >= 0.6 is 0 Å². The minimum atomic E-state index is 0.0910. The molecule has 0 fully saturated rings. The number of ketones is 1. The van der Waals surface area contributed by atoms with Crippen molar-refractivity contribution >= 4 is 17.2 Å². The van der Waals surface area contributed by atoms with Crippen molar-refractivity contribution < 1.29 is 4.79 Å². The van der Waals surface area contributed by atoms with Gasteiger partial charge in [0.2, 0.25) is 0 Å². The van der Waals surface area contributed by atoms with Gasteiger partial charge in [0.25, 0.3) is 0 Å². The molecule has 3 N–H and O–H groups in total. The summed E-state index contributed by atoms with van der Waals surface area (Å²) in [4.78, 5) is 11.4. The van der Waals surface area contributed by atoms with Crippen molar-refractivity contribution in [2.45, 2.75) is 12.8 Å². The quantitative estimate of drug-likeness (QED) is 0.587. The maximum atomic E-state index is 11.4. The lowest BCUT2D eigenvalue weighted by Gasteiger charge is -2.17. The number of benzene rings is 1. The van der Waals surface area contributed by atoms with Crippen LogP contribution in [0.2, 0.25) is 0 Å². The molecule has 0 amide bonds. The normalized spacial score (nSPS) is 15.9. The second kappa shape index (κ2) is 4.23. The lowest BCUT2D eigenvalue weighted by Crippen LogP contribution is -2.11. The van der Waals surface area contributed by atoms with Crippen LogP contribution in [0.25, 0.3) is 0 Å². The molecule has 82 valence electrons. The van der Waals surface area contributed by atoms with Crippen molar-refractivity contribution in [1.82, 2.24) is 0 Å². The number of hydrogen-bond acceptors (Lipinski definition) is 3. The lowest BCUT2D eigenvalue weighted by molar-refractivity contribution is -0.114.